The molecule has 1 fully saturated rings. The molecular formula is C17H26N2O2. The van der Waals surface area contributed by atoms with E-state index < -0.39 is 0 Å². The van der Waals surface area contributed by atoms with Crippen LogP contribution < -0.4 is 5.32 Å². The summed E-state index contributed by atoms with van der Waals surface area (Å²) in [5, 5.41) is 14.8. The highest BCUT2D eigenvalue weighted by molar-refractivity contribution is 5.40. The summed E-state index contributed by atoms with van der Waals surface area (Å²) < 4.78 is 0. The topological polar surface area (TPSA) is 55.2 Å². The second-order valence-corrected chi connectivity index (χ2v) is 6.05. The lowest BCUT2D eigenvalue weighted by atomic mass is 9.81. The van der Waals surface area contributed by atoms with E-state index in [1.807, 2.05) is 12.1 Å². The van der Waals surface area contributed by atoms with E-state index >= 15 is 0 Å². The van der Waals surface area contributed by atoms with Gasteiger partial charge in [0.1, 0.15) is 0 Å². The number of hydrogen-bond donors (Lipinski definition) is 1. The van der Waals surface area contributed by atoms with Crippen LogP contribution >= 0.6 is 0 Å². The molecule has 0 amide bonds. The Hall–Kier alpha value is -1.42. The molecule has 1 aliphatic rings. The molecule has 0 radical (unpaired) electrons. The number of para-hydroxylation sites is 1. The molecule has 1 N–H and O–H groups in total. The van der Waals surface area contributed by atoms with Crippen molar-refractivity contribution in [2.24, 2.45) is 5.92 Å². The van der Waals surface area contributed by atoms with Crippen LogP contribution in [-0.2, 0) is 6.42 Å². The van der Waals surface area contributed by atoms with Gasteiger partial charge >= 0.3 is 0 Å². The van der Waals surface area contributed by atoms with Gasteiger partial charge in [0.15, 0.2) is 0 Å². The SMILES string of the molecule is CCCNC(Cc1ccccc1[N+](=O)[O-])C1CCCCC1. The molecule has 1 atom stereocenters. The Labute approximate surface area is 127 Å². The average Bonchev–Trinajstić information content (AvgIpc) is 2.52. The maximum atomic E-state index is 11.2. The van der Waals surface area contributed by atoms with E-state index in [0.717, 1.165) is 24.9 Å². The summed E-state index contributed by atoms with van der Waals surface area (Å²) in [6.07, 6.45) is 8.30. The van der Waals surface area contributed by atoms with Crippen LogP contribution in [0.25, 0.3) is 0 Å². The molecular weight excluding hydrogens is 264 g/mol. The van der Waals surface area contributed by atoms with Crippen LogP contribution in [-0.4, -0.2) is 17.5 Å². The van der Waals surface area contributed by atoms with Crippen LogP contribution in [0.5, 0.6) is 0 Å². The maximum Gasteiger partial charge on any atom is 0.272 e. The van der Waals surface area contributed by atoms with Gasteiger partial charge in [-0.25, -0.2) is 0 Å². The average molecular weight is 290 g/mol. The summed E-state index contributed by atoms with van der Waals surface area (Å²) in [5.74, 6) is 0.658. The summed E-state index contributed by atoms with van der Waals surface area (Å²) in [7, 11) is 0. The fourth-order valence-corrected chi connectivity index (χ4v) is 3.37. The third-order valence-electron chi connectivity index (χ3n) is 4.50. The lowest BCUT2D eigenvalue weighted by Gasteiger charge is -2.31. The first-order valence-electron chi connectivity index (χ1n) is 8.18. The van der Waals surface area contributed by atoms with Crippen molar-refractivity contribution in [1.29, 1.82) is 0 Å². The number of nitro benzene ring substituents is 1. The van der Waals surface area contributed by atoms with Gasteiger partial charge in [-0.3, -0.25) is 10.1 Å². The molecule has 4 nitrogen and oxygen atoms in total. The first-order chi connectivity index (χ1) is 10.2. The summed E-state index contributed by atoms with van der Waals surface area (Å²) in [4.78, 5) is 10.9. The normalized spacial score (nSPS) is 17.6. The first kappa shape index (κ1) is 16.0. The fraction of sp³-hybridized carbons (Fsp3) is 0.647. The summed E-state index contributed by atoms with van der Waals surface area (Å²) in [6, 6.07) is 7.54. The zero-order valence-corrected chi connectivity index (χ0v) is 12.9. The molecule has 0 spiro atoms. The van der Waals surface area contributed by atoms with Crippen LogP contribution in [0.3, 0.4) is 0 Å². The lowest BCUT2D eigenvalue weighted by molar-refractivity contribution is -0.385. The van der Waals surface area contributed by atoms with Crippen LogP contribution in [0, 0.1) is 16.0 Å². The van der Waals surface area contributed by atoms with Crippen molar-refractivity contribution in [2.45, 2.75) is 57.9 Å². The molecule has 1 aromatic carbocycles. The molecule has 21 heavy (non-hydrogen) atoms. The second-order valence-electron chi connectivity index (χ2n) is 6.05. The zero-order valence-electron chi connectivity index (χ0n) is 12.9. The molecule has 1 unspecified atom stereocenters. The largest absolute Gasteiger partial charge is 0.313 e. The van der Waals surface area contributed by atoms with Gasteiger partial charge in [0.2, 0.25) is 0 Å². The minimum atomic E-state index is -0.257. The Morgan fingerprint density at radius 3 is 2.67 bits per heavy atom. The first-order valence-corrected chi connectivity index (χ1v) is 8.18. The van der Waals surface area contributed by atoms with E-state index in [0.29, 0.717) is 12.0 Å². The van der Waals surface area contributed by atoms with Crippen molar-refractivity contribution < 1.29 is 4.92 Å². The number of nitro groups is 1. The third-order valence-corrected chi connectivity index (χ3v) is 4.50. The predicted octanol–water partition coefficient (Wildman–Crippen LogP) is 4.09. The van der Waals surface area contributed by atoms with Crippen molar-refractivity contribution in [2.75, 3.05) is 6.54 Å². The van der Waals surface area contributed by atoms with Gasteiger partial charge < -0.3 is 5.32 Å². The van der Waals surface area contributed by atoms with Gasteiger partial charge in [-0.15, -0.1) is 0 Å². The molecule has 2 rings (SSSR count). The minimum Gasteiger partial charge on any atom is -0.313 e. The van der Waals surface area contributed by atoms with Crippen LogP contribution in [0.1, 0.15) is 51.0 Å². The number of rotatable bonds is 7. The highest BCUT2D eigenvalue weighted by Crippen LogP contribution is 2.29. The van der Waals surface area contributed by atoms with Crippen molar-refractivity contribution in [3.05, 3.63) is 39.9 Å². The Balaban J connectivity index is 2.12. The highest BCUT2D eigenvalue weighted by atomic mass is 16.6. The predicted molar refractivity (Wildman–Crippen MR) is 85.5 cm³/mol. The van der Waals surface area contributed by atoms with Gasteiger partial charge in [-0.2, -0.15) is 0 Å². The van der Waals surface area contributed by atoms with Crippen molar-refractivity contribution in [3.8, 4) is 0 Å². The van der Waals surface area contributed by atoms with E-state index in [1.54, 1.807) is 12.1 Å². The van der Waals surface area contributed by atoms with Crippen molar-refractivity contribution >= 4 is 5.69 Å². The quantitative estimate of drug-likeness (QED) is 0.608. The Bertz CT molecular complexity index is 456. The van der Waals surface area contributed by atoms with Gasteiger partial charge in [0, 0.05) is 17.7 Å². The summed E-state index contributed by atoms with van der Waals surface area (Å²) in [6.45, 7) is 3.15. The molecule has 1 saturated carbocycles. The van der Waals surface area contributed by atoms with Crippen LogP contribution in [0.4, 0.5) is 5.69 Å². The van der Waals surface area contributed by atoms with Crippen molar-refractivity contribution in [3.63, 3.8) is 0 Å². The smallest absolute Gasteiger partial charge is 0.272 e. The van der Waals surface area contributed by atoms with E-state index in [2.05, 4.69) is 12.2 Å². The second kappa shape index (κ2) is 8.13. The standard InChI is InChI=1S/C17H26N2O2/c1-2-12-18-16(14-8-4-3-5-9-14)13-15-10-6-7-11-17(15)19(20)21/h6-7,10-11,14,16,18H,2-5,8-9,12-13H2,1H3. The number of benzene rings is 1. The van der Waals surface area contributed by atoms with Gasteiger partial charge in [0.05, 0.1) is 4.92 Å². The molecule has 1 aliphatic carbocycles. The molecule has 0 aromatic heterocycles. The van der Waals surface area contributed by atoms with Crippen molar-refractivity contribution in [1.82, 2.24) is 5.32 Å². The lowest BCUT2D eigenvalue weighted by Crippen LogP contribution is -2.39. The van der Waals surface area contributed by atoms with Crippen LogP contribution in [0.2, 0.25) is 0 Å². The summed E-state index contributed by atoms with van der Waals surface area (Å²) in [5.41, 5.74) is 1.12. The van der Waals surface area contributed by atoms with Crippen LogP contribution in [0.15, 0.2) is 24.3 Å². The molecule has 0 heterocycles. The van der Waals surface area contributed by atoms with E-state index in [9.17, 15) is 10.1 Å². The fourth-order valence-electron chi connectivity index (χ4n) is 3.37. The molecule has 1 aromatic rings. The molecule has 0 bridgehead atoms. The minimum absolute atomic E-state index is 0.257. The monoisotopic (exact) mass is 290 g/mol. The van der Waals surface area contributed by atoms with E-state index in [-0.39, 0.29) is 10.6 Å². The highest BCUT2D eigenvalue weighted by Gasteiger charge is 2.25. The number of hydrogen-bond acceptors (Lipinski definition) is 3. The van der Waals surface area contributed by atoms with Gasteiger partial charge in [0.25, 0.3) is 5.69 Å². The zero-order chi connectivity index (χ0) is 15.1. The van der Waals surface area contributed by atoms with Gasteiger partial charge in [-0.05, 0) is 38.1 Å². The Morgan fingerprint density at radius 2 is 2.00 bits per heavy atom. The molecule has 116 valence electrons. The molecule has 4 heteroatoms. The van der Waals surface area contributed by atoms with Gasteiger partial charge in [-0.1, -0.05) is 44.4 Å². The molecule has 0 aliphatic heterocycles. The maximum absolute atomic E-state index is 11.2. The third kappa shape index (κ3) is 4.53. The van der Waals surface area contributed by atoms with E-state index in [4.69, 9.17) is 0 Å². The Kier molecular flexibility index (Phi) is 6.18. The summed E-state index contributed by atoms with van der Waals surface area (Å²) >= 11 is 0. The Morgan fingerprint density at radius 1 is 1.29 bits per heavy atom. The van der Waals surface area contributed by atoms with E-state index in [1.165, 1.54) is 32.1 Å². The number of nitrogens with zero attached hydrogens (tertiary/aromatic N) is 1. The number of nitrogens with one attached hydrogen (secondary N) is 1. The molecule has 0 saturated heterocycles.